The molecule has 0 aromatic heterocycles. The van der Waals surface area contributed by atoms with E-state index in [9.17, 15) is 22.0 Å². The molecule has 0 saturated heterocycles. The normalized spacial score (nSPS) is 14.4. The fourth-order valence-corrected chi connectivity index (χ4v) is 1.03. The molecule has 0 unspecified atom stereocenters. The van der Waals surface area contributed by atoms with Crippen molar-refractivity contribution in [3.8, 4) is 0 Å². The van der Waals surface area contributed by atoms with Gasteiger partial charge < -0.3 is 4.74 Å². The fourth-order valence-electron chi connectivity index (χ4n) is 0.601. The van der Waals surface area contributed by atoms with Crippen molar-refractivity contribution in [2.24, 2.45) is 0 Å². The van der Waals surface area contributed by atoms with Crippen LogP contribution in [0.25, 0.3) is 0 Å². The lowest BCUT2D eigenvalue weighted by Gasteiger charge is -2.21. The minimum atomic E-state index is -5.62. The van der Waals surface area contributed by atoms with E-state index in [0.29, 0.717) is 5.41 Å². The quantitative estimate of drug-likeness (QED) is 0.546. The smallest absolute Gasteiger partial charge is 0.461 e. The summed E-state index contributed by atoms with van der Waals surface area (Å²) < 4.78 is 65.1. The highest BCUT2D eigenvalue weighted by Gasteiger charge is 2.61. The van der Waals surface area contributed by atoms with Gasteiger partial charge in [0.15, 0.2) is 5.76 Å². The summed E-state index contributed by atoms with van der Waals surface area (Å²) in [6, 6.07) is 0. The molecule has 0 rings (SSSR count). The first-order chi connectivity index (χ1) is 6.27. The molecule has 0 aliphatic heterocycles. The third kappa shape index (κ3) is 3.04. The Morgan fingerprint density at radius 3 is 2.07 bits per heavy atom. The van der Waals surface area contributed by atoms with Crippen LogP contribution in [-0.4, -0.2) is 25.0 Å². The van der Waals surface area contributed by atoms with Crippen molar-refractivity contribution in [2.45, 2.75) is 19.0 Å². The van der Waals surface area contributed by atoms with Gasteiger partial charge in [-0.15, -0.1) is 11.8 Å². The van der Waals surface area contributed by atoms with Crippen molar-refractivity contribution in [1.29, 1.82) is 0 Å². The van der Waals surface area contributed by atoms with Crippen molar-refractivity contribution in [2.75, 3.05) is 12.9 Å². The largest absolute Gasteiger partial charge is 0.491 e. The number of allylic oxidation sites excluding steroid dienone is 1. The van der Waals surface area contributed by atoms with E-state index in [2.05, 4.69) is 4.74 Å². The number of hydrogen-bond acceptors (Lipinski definition) is 2. The van der Waals surface area contributed by atoms with E-state index in [1.165, 1.54) is 13.2 Å². The molecule has 0 aliphatic rings. The van der Waals surface area contributed by atoms with Crippen molar-refractivity contribution in [3.63, 3.8) is 0 Å². The Hall–Kier alpha value is -0.460. The molecular formula is C7H9F5OS. The van der Waals surface area contributed by atoms with Gasteiger partial charge in [-0.05, 0) is 13.2 Å². The first kappa shape index (κ1) is 13.5. The second-order valence-corrected chi connectivity index (χ2v) is 2.93. The van der Waals surface area contributed by atoms with E-state index < -0.39 is 17.9 Å². The van der Waals surface area contributed by atoms with Gasteiger partial charge in [0.05, 0.1) is 6.61 Å². The van der Waals surface area contributed by atoms with Gasteiger partial charge >= 0.3 is 12.1 Å². The summed E-state index contributed by atoms with van der Waals surface area (Å²) in [7, 11) is 0. The lowest BCUT2D eigenvalue weighted by molar-refractivity contribution is -0.276. The Labute approximate surface area is 82.3 Å². The molecule has 0 aliphatic carbocycles. The summed E-state index contributed by atoms with van der Waals surface area (Å²) in [6.45, 7) is 1.10. The zero-order valence-electron chi connectivity index (χ0n) is 7.49. The number of thioether (sulfide) groups is 1. The second-order valence-electron chi connectivity index (χ2n) is 2.22. The molecule has 0 aromatic rings. The SMILES string of the molecule is CCO/C(=C/SC)C(F)(F)C(F)(F)F. The third-order valence-corrected chi connectivity index (χ3v) is 1.64. The van der Waals surface area contributed by atoms with Crippen LogP contribution in [0.5, 0.6) is 0 Å². The Bertz CT molecular complexity index is 211. The van der Waals surface area contributed by atoms with Gasteiger partial charge in [0.25, 0.3) is 0 Å². The molecule has 0 fully saturated rings. The van der Waals surface area contributed by atoms with Crippen molar-refractivity contribution < 1.29 is 26.7 Å². The minimum absolute atomic E-state index is 0.238. The first-order valence-corrected chi connectivity index (χ1v) is 4.87. The Morgan fingerprint density at radius 1 is 1.29 bits per heavy atom. The van der Waals surface area contributed by atoms with Crippen molar-refractivity contribution in [3.05, 3.63) is 11.2 Å². The van der Waals surface area contributed by atoms with Crippen molar-refractivity contribution in [1.82, 2.24) is 0 Å². The molecule has 0 saturated carbocycles. The number of alkyl halides is 5. The highest BCUT2D eigenvalue weighted by molar-refractivity contribution is 8.01. The van der Waals surface area contributed by atoms with Gasteiger partial charge in [-0.3, -0.25) is 0 Å². The maximum atomic E-state index is 12.6. The summed E-state index contributed by atoms with van der Waals surface area (Å²) >= 11 is 0.726. The van der Waals surface area contributed by atoms with Crippen LogP contribution in [-0.2, 0) is 4.74 Å². The zero-order chi connectivity index (χ0) is 11.4. The van der Waals surface area contributed by atoms with E-state index >= 15 is 0 Å². The number of rotatable bonds is 4. The maximum Gasteiger partial charge on any atom is 0.461 e. The molecular weight excluding hydrogens is 227 g/mol. The van der Waals surface area contributed by atoms with Crippen molar-refractivity contribution >= 4 is 11.8 Å². The van der Waals surface area contributed by atoms with Gasteiger partial charge in [0, 0.05) is 5.41 Å². The highest BCUT2D eigenvalue weighted by atomic mass is 32.2. The molecule has 0 atom stereocenters. The third-order valence-electron chi connectivity index (χ3n) is 1.19. The van der Waals surface area contributed by atoms with E-state index in [1.54, 1.807) is 0 Å². The number of hydrogen-bond donors (Lipinski definition) is 0. The minimum Gasteiger partial charge on any atom is -0.491 e. The van der Waals surface area contributed by atoms with Crippen LogP contribution in [0.1, 0.15) is 6.92 Å². The average Bonchev–Trinajstić information content (AvgIpc) is 2.02. The van der Waals surface area contributed by atoms with Gasteiger partial charge in [0.2, 0.25) is 0 Å². The Kier molecular flexibility index (Phi) is 4.70. The molecule has 14 heavy (non-hydrogen) atoms. The summed E-state index contributed by atoms with van der Waals surface area (Å²) in [5.41, 5.74) is 0. The molecule has 0 aromatic carbocycles. The maximum absolute atomic E-state index is 12.6. The first-order valence-electron chi connectivity index (χ1n) is 3.58. The standard InChI is InChI=1S/C7H9F5OS/c1-3-13-5(4-14-2)6(8,9)7(10,11)12/h4H,3H2,1-2H3/b5-4+. The summed E-state index contributed by atoms with van der Waals surface area (Å²) in [5.74, 6) is -6.29. The van der Waals surface area contributed by atoms with E-state index in [4.69, 9.17) is 0 Å². The van der Waals surface area contributed by atoms with Gasteiger partial charge in [-0.2, -0.15) is 22.0 Å². The van der Waals surface area contributed by atoms with Crippen LogP contribution in [0.3, 0.4) is 0 Å². The lowest BCUT2D eigenvalue weighted by Crippen LogP contribution is -2.39. The molecule has 1 nitrogen and oxygen atoms in total. The molecule has 0 radical (unpaired) electrons. The van der Waals surface area contributed by atoms with Gasteiger partial charge in [-0.25, -0.2) is 0 Å². The summed E-state index contributed by atoms with van der Waals surface area (Å²) in [5, 5.41) is 0.650. The Morgan fingerprint density at radius 2 is 1.79 bits per heavy atom. The van der Waals surface area contributed by atoms with E-state index in [1.807, 2.05) is 0 Å². The molecule has 0 N–H and O–H groups in total. The predicted octanol–water partition coefficient (Wildman–Crippen LogP) is 3.42. The van der Waals surface area contributed by atoms with Crippen LogP contribution in [0.2, 0.25) is 0 Å². The second kappa shape index (κ2) is 4.86. The lowest BCUT2D eigenvalue weighted by atomic mass is 10.3. The van der Waals surface area contributed by atoms with Crippen LogP contribution in [0, 0.1) is 0 Å². The molecule has 84 valence electrons. The highest BCUT2D eigenvalue weighted by Crippen LogP contribution is 2.41. The van der Waals surface area contributed by atoms with Gasteiger partial charge in [-0.1, -0.05) is 0 Å². The average molecular weight is 236 g/mol. The molecule has 0 spiro atoms. The number of halogens is 5. The fraction of sp³-hybridized carbons (Fsp3) is 0.714. The van der Waals surface area contributed by atoms with Gasteiger partial charge in [0.1, 0.15) is 0 Å². The molecule has 0 heterocycles. The monoisotopic (exact) mass is 236 g/mol. The topological polar surface area (TPSA) is 9.23 Å². The molecule has 0 bridgehead atoms. The van der Waals surface area contributed by atoms with Crippen LogP contribution >= 0.6 is 11.8 Å². The van der Waals surface area contributed by atoms with Crippen LogP contribution < -0.4 is 0 Å². The van der Waals surface area contributed by atoms with E-state index in [0.717, 1.165) is 11.8 Å². The van der Waals surface area contributed by atoms with E-state index in [-0.39, 0.29) is 6.61 Å². The Balaban J connectivity index is 4.90. The summed E-state index contributed by atoms with van der Waals surface area (Å²) in [4.78, 5) is 0. The number of ether oxygens (including phenoxy) is 1. The van der Waals surface area contributed by atoms with Crippen LogP contribution in [0.15, 0.2) is 11.2 Å². The molecule has 0 amide bonds. The van der Waals surface area contributed by atoms with Crippen LogP contribution in [0.4, 0.5) is 22.0 Å². The zero-order valence-corrected chi connectivity index (χ0v) is 8.31. The molecule has 7 heteroatoms. The summed E-state index contributed by atoms with van der Waals surface area (Å²) in [6.07, 6.45) is -4.25. The predicted molar refractivity (Wildman–Crippen MR) is 44.2 cm³/mol.